The summed E-state index contributed by atoms with van der Waals surface area (Å²) in [6.07, 6.45) is 3.15. The van der Waals surface area contributed by atoms with Crippen LogP contribution in [-0.4, -0.2) is 33.8 Å². The number of halogens is 1. The van der Waals surface area contributed by atoms with E-state index in [0.717, 1.165) is 23.2 Å². The average molecular weight is 419 g/mol. The zero-order valence-electron chi connectivity index (χ0n) is 17.2. The molecule has 2 N–H and O–H groups in total. The number of carbonyl (C=O) groups is 1. The molecule has 0 amide bonds. The van der Waals surface area contributed by atoms with Crippen molar-refractivity contribution in [2.75, 3.05) is 13.2 Å². The van der Waals surface area contributed by atoms with Gasteiger partial charge in [0.05, 0.1) is 18.9 Å². The molecule has 2 aromatic rings. The van der Waals surface area contributed by atoms with Gasteiger partial charge >= 0.3 is 5.97 Å². The lowest BCUT2D eigenvalue weighted by molar-refractivity contribution is 0.0505. The molecule has 1 aliphatic rings. The predicted molar refractivity (Wildman–Crippen MR) is 113 cm³/mol. The highest BCUT2D eigenvalue weighted by Gasteiger charge is 2.25. The van der Waals surface area contributed by atoms with Crippen molar-refractivity contribution >= 4 is 23.3 Å². The SMILES string of the molecule is Cc1c(C(=O)OCCNC(=S)NC2CCc3c(F)cccc32)ncn1C(C)(C)C. The van der Waals surface area contributed by atoms with Gasteiger partial charge in [-0.2, -0.15) is 0 Å². The Hall–Kier alpha value is -2.48. The molecule has 8 heteroatoms. The number of ether oxygens (including phenoxy) is 1. The van der Waals surface area contributed by atoms with Crippen molar-refractivity contribution in [3.05, 3.63) is 52.9 Å². The molecule has 1 aliphatic carbocycles. The minimum Gasteiger partial charge on any atom is -0.459 e. The fourth-order valence-corrected chi connectivity index (χ4v) is 3.88. The Kier molecular flexibility index (Phi) is 6.21. The number of hydrogen-bond donors (Lipinski definition) is 2. The van der Waals surface area contributed by atoms with Crippen LogP contribution in [0.5, 0.6) is 0 Å². The molecule has 3 rings (SSSR count). The first kappa shape index (κ1) is 21.2. The van der Waals surface area contributed by atoms with Gasteiger partial charge in [0.1, 0.15) is 12.4 Å². The van der Waals surface area contributed by atoms with E-state index < -0.39 is 5.97 Å². The molecule has 0 saturated carbocycles. The summed E-state index contributed by atoms with van der Waals surface area (Å²) < 4.78 is 21.1. The molecule has 0 aliphatic heterocycles. The van der Waals surface area contributed by atoms with Crippen LogP contribution >= 0.6 is 12.2 Å². The van der Waals surface area contributed by atoms with Gasteiger partial charge in [0.15, 0.2) is 10.8 Å². The van der Waals surface area contributed by atoms with Gasteiger partial charge in [-0.3, -0.25) is 0 Å². The Bertz CT molecular complexity index is 920. The van der Waals surface area contributed by atoms with Crippen LogP contribution in [0.25, 0.3) is 0 Å². The summed E-state index contributed by atoms with van der Waals surface area (Å²) in [5.41, 5.74) is 2.65. The zero-order chi connectivity index (χ0) is 21.2. The normalized spacial score (nSPS) is 15.7. The van der Waals surface area contributed by atoms with E-state index in [-0.39, 0.29) is 24.0 Å². The molecule has 0 radical (unpaired) electrons. The van der Waals surface area contributed by atoms with Crippen molar-refractivity contribution in [1.29, 1.82) is 0 Å². The first-order chi connectivity index (χ1) is 13.7. The van der Waals surface area contributed by atoms with Crippen LogP contribution < -0.4 is 10.6 Å². The lowest BCUT2D eigenvalue weighted by Crippen LogP contribution is -2.38. The molecular weight excluding hydrogens is 391 g/mol. The Morgan fingerprint density at radius 1 is 1.41 bits per heavy atom. The molecule has 0 fully saturated rings. The number of nitrogens with one attached hydrogen (secondary N) is 2. The van der Waals surface area contributed by atoms with Crippen LogP contribution in [0.4, 0.5) is 4.39 Å². The largest absolute Gasteiger partial charge is 0.459 e. The molecule has 1 heterocycles. The minimum atomic E-state index is -0.452. The highest BCUT2D eigenvalue weighted by Crippen LogP contribution is 2.32. The van der Waals surface area contributed by atoms with Gasteiger partial charge in [-0.15, -0.1) is 0 Å². The average Bonchev–Trinajstić information content (AvgIpc) is 3.23. The number of esters is 1. The Morgan fingerprint density at radius 3 is 2.86 bits per heavy atom. The molecule has 1 aromatic heterocycles. The number of nitrogens with zero attached hydrogens (tertiary/aromatic N) is 2. The van der Waals surface area contributed by atoms with Gasteiger partial charge < -0.3 is 19.9 Å². The Balaban J connectivity index is 1.45. The number of rotatable bonds is 5. The lowest BCUT2D eigenvalue weighted by atomic mass is 10.1. The number of thiocarbonyl (C=S) groups is 1. The fraction of sp³-hybridized carbons (Fsp3) is 0.476. The van der Waals surface area contributed by atoms with E-state index in [0.29, 0.717) is 23.8 Å². The summed E-state index contributed by atoms with van der Waals surface area (Å²) in [7, 11) is 0. The second kappa shape index (κ2) is 8.49. The topological polar surface area (TPSA) is 68.2 Å². The fourth-order valence-electron chi connectivity index (χ4n) is 3.63. The molecule has 0 spiro atoms. The van der Waals surface area contributed by atoms with E-state index >= 15 is 0 Å². The third-order valence-corrected chi connectivity index (χ3v) is 5.32. The predicted octanol–water partition coefficient (Wildman–Crippen LogP) is 3.39. The van der Waals surface area contributed by atoms with Gasteiger partial charge in [-0.25, -0.2) is 14.2 Å². The molecule has 6 nitrogen and oxygen atoms in total. The van der Waals surface area contributed by atoms with E-state index in [1.54, 1.807) is 12.4 Å². The molecule has 156 valence electrons. The van der Waals surface area contributed by atoms with E-state index in [1.165, 1.54) is 6.07 Å². The molecule has 1 atom stereocenters. The van der Waals surface area contributed by atoms with Crippen LogP contribution in [0.3, 0.4) is 0 Å². The lowest BCUT2D eigenvalue weighted by Gasteiger charge is -2.22. The minimum absolute atomic E-state index is 0.00716. The molecular formula is C21H27FN4O2S. The van der Waals surface area contributed by atoms with E-state index in [4.69, 9.17) is 17.0 Å². The summed E-state index contributed by atoms with van der Waals surface area (Å²) in [5.74, 6) is -0.617. The number of fused-ring (bicyclic) bond motifs is 1. The highest BCUT2D eigenvalue weighted by atomic mass is 32.1. The number of imidazole rings is 1. The maximum atomic E-state index is 13.8. The third-order valence-electron chi connectivity index (χ3n) is 5.06. The number of aromatic nitrogens is 2. The first-order valence-corrected chi connectivity index (χ1v) is 10.1. The highest BCUT2D eigenvalue weighted by molar-refractivity contribution is 7.80. The monoisotopic (exact) mass is 418 g/mol. The van der Waals surface area contributed by atoms with Crippen LogP contribution in [0, 0.1) is 12.7 Å². The summed E-state index contributed by atoms with van der Waals surface area (Å²) in [4.78, 5) is 16.5. The molecule has 1 aromatic carbocycles. The number of carbonyl (C=O) groups excluding carboxylic acids is 1. The smallest absolute Gasteiger partial charge is 0.358 e. The molecule has 1 unspecified atom stereocenters. The van der Waals surface area contributed by atoms with Gasteiger partial charge in [0.2, 0.25) is 0 Å². The maximum Gasteiger partial charge on any atom is 0.358 e. The summed E-state index contributed by atoms with van der Waals surface area (Å²) in [6.45, 7) is 8.54. The maximum absolute atomic E-state index is 13.8. The zero-order valence-corrected chi connectivity index (χ0v) is 18.0. The Labute approximate surface area is 175 Å². The van der Waals surface area contributed by atoms with E-state index in [2.05, 4.69) is 15.6 Å². The molecule has 29 heavy (non-hydrogen) atoms. The van der Waals surface area contributed by atoms with Crippen molar-refractivity contribution < 1.29 is 13.9 Å². The van der Waals surface area contributed by atoms with Gasteiger partial charge in [0.25, 0.3) is 0 Å². The Morgan fingerprint density at radius 2 is 2.17 bits per heavy atom. The summed E-state index contributed by atoms with van der Waals surface area (Å²) >= 11 is 5.32. The summed E-state index contributed by atoms with van der Waals surface area (Å²) in [5, 5.41) is 6.69. The van der Waals surface area contributed by atoms with Crippen molar-refractivity contribution in [2.24, 2.45) is 0 Å². The van der Waals surface area contributed by atoms with Gasteiger partial charge in [0, 0.05) is 11.2 Å². The van der Waals surface area contributed by atoms with Gasteiger partial charge in [-0.05, 0) is 69.9 Å². The third kappa shape index (κ3) is 4.75. The second-order valence-electron chi connectivity index (χ2n) is 8.15. The van der Waals surface area contributed by atoms with E-state index in [1.807, 2.05) is 38.3 Å². The summed E-state index contributed by atoms with van der Waals surface area (Å²) in [6, 6.07) is 5.12. The van der Waals surface area contributed by atoms with Crippen LogP contribution in [-0.2, 0) is 16.7 Å². The van der Waals surface area contributed by atoms with Crippen LogP contribution in [0.15, 0.2) is 24.5 Å². The van der Waals surface area contributed by atoms with E-state index in [9.17, 15) is 9.18 Å². The van der Waals surface area contributed by atoms with Crippen LogP contribution in [0.1, 0.15) is 60.5 Å². The standard InChI is InChI=1S/C21H27FN4O2S/c1-13-18(24-12-26(13)21(2,3)4)19(27)28-11-10-23-20(29)25-17-9-8-14-15(17)6-5-7-16(14)22/h5-7,12,17H,8-11H2,1-4H3,(H2,23,25,29). The van der Waals surface area contributed by atoms with Crippen molar-refractivity contribution in [2.45, 2.75) is 52.1 Å². The quantitative estimate of drug-likeness (QED) is 0.441. The number of hydrogen-bond acceptors (Lipinski definition) is 4. The van der Waals surface area contributed by atoms with Crippen molar-refractivity contribution in [3.8, 4) is 0 Å². The second-order valence-corrected chi connectivity index (χ2v) is 8.56. The van der Waals surface area contributed by atoms with Crippen molar-refractivity contribution in [1.82, 2.24) is 20.2 Å². The van der Waals surface area contributed by atoms with Crippen LogP contribution in [0.2, 0.25) is 0 Å². The van der Waals surface area contributed by atoms with Gasteiger partial charge in [-0.1, -0.05) is 12.1 Å². The molecule has 0 bridgehead atoms. The van der Waals surface area contributed by atoms with Crippen molar-refractivity contribution in [3.63, 3.8) is 0 Å². The number of benzene rings is 1. The molecule has 0 saturated heterocycles. The first-order valence-electron chi connectivity index (χ1n) is 9.71.